The lowest BCUT2D eigenvalue weighted by atomic mass is 9.91. The number of alkyl halides is 3. The van der Waals surface area contributed by atoms with Crippen LogP contribution in [0.3, 0.4) is 0 Å². The fourth-order valence-electron chi connectivity index (χ4n) is 4.72. The highest BCUT2D eigenvalue weighted by atomic mass is 19.4. The molecule has 0 unspecified atom stereocenters. The van der Waals surface area contributed by atoms with Crippen molar-refractivity contribution in [1.29, 1.82) is 0 Å². The number of hydrogen-bond donors (Lipinski definition) is 2. The number of fused-ring (bicyclic) bond motifs is 1. The SMILES string of the molecule is CCN(Cc1c(C(=O)NCc2nccc3cccnc23)ccc(-c2cccc(C(F)(F)F)c2)c1C)C(=O)NC(C)(C)C. The van der Waals surface area contributed by atoms with Gasteiger partial charge in [-0.2, -0.15) is 13.2 Å². The normalized spacial score (nSPS) is 11.8. The number of urea groups is 1. The van der Waals surface area contributed by atoms with Crippen molar-refractivity contribution >= 4 is 22.8 Å². The molecule has 3 amide bonds. The lowest BCUT2D eigenvalue weighted by Gasteiger charge is -2.29. The first-order chi connectivity index (χ1) is 19.8. The van der Waals surface area contributed by atoms with Crippen LogP contribution in [0.15, 0.2) is 67.0 Å². The molecular formula is C32H34F3N5O2. The number of nitrogens with zero attached hydrogens (tertiary/aromatic N) is 3. The zero-order valence-corrected chi connectivity index (χ0v) is 24.3. The summed E-state index contributed by atoms with van der Waals surface area (Å²) in [6, 6.07) is 13.6. The average Bonchev–Trinajstić information content (AvgIpc) is 2.93. The summed E-state index contributed by atoms with van der Waals surface area (Å²) in [6.45, 7) is 9.73. The zero-order valence-electron chi connectivity index (χ0n) is 24.3. The van der Waals surface area contributed by atoms with Crippen molar-refractivity contribution < 1.29 is 22.8 Å². The molecule has 10 heteroatoms. The fourth-order valence-corrected chi connectivity index (χ4v) is 4.72. The van der Waals surface area contributed by atoms with Gasteiger partial charge in [0.2, 0.25) is 0 Å². The summed E-state index contributed by atoms with van der Waals surface area (Å²) in [7, 11) is 0. The summed E-state index contributed by atoms with van der Waals surface area (Å²) in [4.78, 5) is 37.0. The van der Waals surface area contributed by atoms with E-state index >= 15 is 0 Å². The molecular weight excluding hydrogens is 543 g/mol. The predicted molar refractivity (Wildman–Crippen MR) is 157 cm³/mol. The summed E-state index contributed by atoms with van der Waals surface area (Å²) in [5.41, 5.74) is 2.39. The summed E-state index contributed by atoms with van der Waals surface area (Å²) in [6.07, 6.45) is -1.19. The third-order valence-electron chi connectivity index (χ3n) is 6.86. The van der Waals surface area contributed by atoms with E-state index in [1.165, 1.54) is 6.07 Å². The third kappa shape index (κ3) is 7.05. The summed E-state index contributed by atoms with van der Waals surface area (Å²) in [5.74, 6) is -0.397. The Kier molecular flexibility index (Phi) is 8.84. The van der Waals surface area contributed by atoms with Crippen molar-refractivity contribution in [3.05, 3.63) is 94.9 Å². The number of pyridine rings is 2. The van der Waals surface area contributed by atoms with Gasteiger partial charge in [-0.3, -0.25) is 14.8 Å². The van der Waals surface area contributed by atoms with Gasteiger partial charge in [-0.15, -0.1) is 0 Å². The minimum Gasteiger partial charge on any atom is -0.346 e. The van der Waals surface area contributed by atoms with Crippen molar-refractivity contribution in [3.8, 4) is 11.1 Å². The van der Waals surface area contributed by atoms with E-state index in [0.717, 1.165) is 17.5 Å². The van der Waals surface area contributed by atoms with Gasteiger partial charge < -0.3 is 15.5 Å². The highest BCUT2D eigenvalue weighted by Crippen LogP contribution is 2.35. The van der Waals surface area contributed by atoms with Gasteiger partial charge in [0.1, 0.15) is 0 Å². The summed E-state index contributed by atoms with van der Waals surface area (Å²) >= 11 is 0. The van der Waals surface area contributed by atoms with Gasteiger partial charge in [0.05, 0.1) is 23.3 Å². The molecule has 2 aromatic heterocycles. The van der Waals surface area contributed by atoms with Crippen LogP contribution in [0.4, 0.5) is 18.0 Å². The molecule has 0 saturated heterocycles. The Hall–Kier alpha value is -4.47. The van der Waals surface area contributed by atoms with Crippen LogP contribution in [-0.2, 0) is 19.3 Å². The molecule has 2 heterocycles. The van der Waals surface area contributed by atoms with Crippen LogP contribution in [0.25, 0.3) is 22.0 Å². The second kappa shape index (κ2) is 12.2. The largest absolute Gasteiger partial charge is 0.416 e. The zero-order chi connectivity index (χ0) is 30.7. The Morgan fingerprint density at radius 1 is 0.952 bits per heavy atom. The molecule has 0 atom stereocenters. The predicted octanol–water partition coefficient (Wildman–Crippen LogP) is 6.88. The lowest BCUT2D eigenvalue weighted by molar-refractivity contribution is -0.137. The molecule has 0 aliphatic carbocycles. The van der Waals surface area contributed by atoms with Crippen molar-refractivity contribution in [3.63, 3.8) is 0 Å². The van der Waals surface area contributed by atoms with Crippen LogP contribution in [0.1, 0.15) is 60.4 Å². The van der Waals surface area contributed by atoms with E-state index in [9.17, 15) is 22.8 Å². The molecule has 220 valence electrons. The molecule has 0 saturated carbocycles. The van der Waals surface area contributed by atoms with E-state index in [-0.39, 0.29) is 19.1 Å². The Balaban J connectivity index is 1.73. The molecule has 0 spiro atoms. The smallest absolute Gasteiger partial charge is 0.346 e. The van der Waals surface area contributed by atoms with Crippen LogP contribution >= 0.6 is 0 Å². The van der Waals surface area contributed by atoms with E-state index in [0.29, 0.717) is 45.6 Å². The van der Waals surface area contributed by atoms with Crippen molar-refractivity contribution in [2.24, 2.45) is 0 Å². The first-order valence-corrected chi connectivity index (χ1v) is 13.6. The second-order valence-electron chi connectivity index (χ2n) is 11.1. The van der Waals surface area contributed by atoms with E-state index in [1.54, 1.807) is 42.4 Å². The maximum atomic E-state index is 13.6. The first-order valence-electron chi connectivity index (χ1n) is 13.6. The number of rotatable bonds is 7. The van der Waals surface area contributed by atoms with Gasteiger partial charge in [-0.25, -0.2) is 4.79 Å². The standard InChI is InChI=1S/C32H34F3N5O2/c1-6-40(30(42)39-31(3,4)5)19-26-20(2)24(22-9-7-11-23(17-22)32(33,34)35)12-13-25(26)29(41)38-18-27-28-21(14-16-36-27)10-8-15-37-28/h7-17H,6,18-19H2,1-5H3,(H,38,41)(H,39,42). The van der Waals surface area contributed by atoms with Gasteiger partial charge in [-0.1, -0.05) is 24.3 Å². The minimum atomic E-state index is -4.50. The molecule has 4 aromatic rings. The number of benzene rings is 2. The molecule has 0 aliphatic rings. The van der Waals surface area contributed by atoms with Gasteiger partial charge in [0.25, 0.3) is 5.91 Å². The molecule has 2 N–H and O–H groups in total. The van der Waals surface area contributed by atoms with Crippen LogP contribution in [-0.4, -0.2) is 38.9 Å². The van der Waals surface area contributed by atoms with Crippen LogP contribution in [0, 0.1) is 6.92 Å². The average molecular weight is 578 g/mol. The molecule has 0 bridgehead atoms. The fraction of sp³-hybridized carbons (Fsp3) is 0.312. The van der Waals surface area contributed by atoms with Crippen molar-refractivity contribution in [2.75, 3.05) is 6.54 Å². The Bertz CT molecular complexity index is 1610. The van der Waals surface area contributed by atoms with E-state index in [2.05, 4.69) is 20.6 Å². The molecule has 4 rings (SSSR count). The molecule has 0 radical (unpaired) electrons. The monoisotopic (exact) mass is 577 g/mol. The van der Waals surface area contributed by atoms with Crippen molar-refractivity contribution in [2.45, 2.75) is 59.4 Å². The second-order valence-corrected chi connectivity index (χ2v) is 11.1. The third-order valence-corrected chi connectivity index (χ3v) is 6.86. The van der Waals surface area contributed by atoms with E-state index in [4.69, 9.17) is 0 Å². The molecule has 0 aliphatic heterocycles. The topological polar surface area (TPSA) is 87.2 Å². The molecule has 0 fully saturated rings. The number of carbonyl (C=O) groups is 2. The Labute approximate surface area is 243 Å². The highest BCUT2D eigenvalue weighted by molar-refractivity contribution is 5.97. The molecule has 42 heavy (non-hydrogen) atoms. The first kappa shape index (κ1) is 30.5. The summed E-state index contributed by atoms with van der Waals surface area (Å²) < 4.78 is 40.5. The minimum absolute atomic E-state index is 0.0773. The molecule has 7 nitrogen and oxygen atoms in total. The quantitative estimate of drug-likeness (QED) is 0.251. The number of carbonyl (C=O) groups excluding carboxylic acids is 2. The van der Waals surface area contributed by atoms with Crippen LogP contribution in [0.5, 0.6) is 0 Å². The lowest BCUT2D eigenvalue weighted by Crippen LogP contribution is -2.48. The maximum absolute atomic E-state index is 13.6. The van der Waals surface area contributed by atoms with Gasteiger partial charge >= 0.3 is 12.2 Å². The van der Waals surface area contributed by atoms with E-state index in [1.807, 2.05) is 45.9 Å². The maximum Gasteiger partial charge on any atom is 0.416 e. The Morgan fingerprint density at radius 3 is 2.40 bits per heavy atom. The van der Waals surface area contributed by atoms with Gasteiger partial charge in [-0.05, 0) is 87.2 Å². The van der Waals surface area contributed by atoms with Crippen LogP contribution < -0.4 is 10.6 Å². The number of amides is 3. The van der Waals surface area contributed by atoms with Crippen LogP contribution in [0.2, 0.25) is 0 Å². The highest BCUT2D eigenvalue weighted by Gasteiger charge is 2.31. The number of nitrogens with one attached hydrogen (secondary N) is 2. The summed E-state index contributed by atoms with van der Waals surface area (Å²) in [5, 5.41) is 6.74. The Morgan fingerprint density at radius 2 is 1.71 bits per heavy atom. The van der Waals surface area contributed by atoms with Crippen molar-refractivity contribution in [1.82, 2.24) is 25.5 Å². The number of hydrogen-bond acceptors (Lipinski definition) is 4. The van der Waals surface area contributed by atoms with E-state index < -0.39 is 23.2 Å². The number of halogens is 3. The van der Waals surface area contributed by atoms with Gasteiger partial charge in [0.15, 0.2) is 0 Å². The molecule has 2 aromatic carbocycles. The number of aromatic nitrogens is 2. The van der Waals surface area contributed by atoms with Gasteiger partial charge in [0, 0.05) is 42.0 Å².